The number of carbonyl (C=O) groups is 2. The number of carboxylic acid groups (broad SMARTS) is 1. The topological polar surface area (TPSA) is 130 Å². The van der Waals surface area contributed by atoms with Gasteiger partial charge in [0.1, 0.15) is 12.6 Å². The second-order valence-corrected chi connectivity index (χ2v) is 6.23. The maximum absolute atomic E-state index is 12.4. The molecule has 0 spiro atoms. The van der Waals surface area contributed by atoms with Crippen LogP contribution in [0.1, 0.15) is 12.8 Å². The lowest BCUT2D eigenvalue weighted by Crippen LogP contribution is -2.50. The Kier molecular flexibility index (Phi) is 5.17. The number of amides is 1. The zero-order chi connectivity index (χ0) is 18.7. The molecule has 1 aromatic heterocycles. The van der Waals surface area contributed by atoms with E-state index in [1.165, 1.54) is 0 Å². The van der Waals surface area contributed by atoms with Gasteiger partial charge in [0.25, 0.3) is 5.56 Å². The van der Waals surface area contributed by atoms with E-state index in [0.717, 1.165) is 4.57 Å². The first-order valence-corrected chi connectivity index (χ1v) is 8.29. The van der Waals surface area contributed by atoms with Crippen LogP contribution < -0.4 is 16.6 Å². The molecular formula is C17H19N3O6. The van der Waals surface area contributed by atoms with E-state index in [1.807, 2.05) is 0 Å². The maximum atomic E-state index is 12.4. The number of aromatic amines is 1. The smallest absolute Gasteiger partial charge is 0.329 e. The second-order valence-electron chi connectivity index (χ2n) is 6.23. The summed E-state index contributed by atoms with van der Waals surface area (Å²) in [6, 6.07) is 5.33. The van der Waals surface area contributed by atoms with Crippen LogP contribution in [0.25, 0.3) is 10.9 Å². The van der Waals surface area contributed by atoms with Crippen molar-refractivity contribution in [3.63, 3.8) is 0 Å². The summed E-state index contributed by atoms with van der Waals surface area (Å²) in [5.74, 6) is -2.24. The molecule has 2 aromatic rings. The van der Waals surface area contributed by atoms with Crippen molar-refractivity contribution >= 4 is 22.8 Å². The van der Waals surface area contributed by atoms with Gasteiger partial charge in [0, 0.05) is 12.5 Å². The number of benzene rings is 1. The number of aromatic nitrogens is 2. The number of aliphatic carboxylic acids is 1. The summed E-state index contributed by atoms with van der Waals surface area (Å²) in [6.45, 7) is 0.253. The van der Waals surface area contributed by atoms with Crippen molar-refractivity contribution in [1.82, 2.24) is 14.9 Å². The minimum Gasteiger partial charge on any atom is -0.480 e. The molecule has 1 saturated heterocycles. The van der Waals surface area contributed by atoms with E-state index < -0.39 is 35.7 Å². The molecule has 138 valence electrons. The summed E-state index contributed by atoms with van der Waals surface area (Å²) in [4.78, 5) is 50.8. The molecule has 2 atom stereocenters. The van der Waals surface area contributed by atoms with E-state index in [1.54, 1.807) is 24.3 Å². The highest BCUT2D eigenvalue weighted by Crippen LogP contribution is 2.17. The Labute approximate surface area is 147 Å². The van der Waals surface area contributed by atoms with Gasteiger partial charge in [0.15, 0.2) is 0 Å². The normalized spacial score (nSPS) is 18.4. The molecule has 0 saturated carbocycles. The minimum atomic E-state index is -1.17. The van der Waals surface area contributed by atoms with E-state index in [9.17, 15) is 24.3 Å². The number of para-hydroxylation sites is 1. The summed E-state index contributed by atoms with van der Waals surface area (Å²) < 4.78 is 6.03. The fraction of sp³-hybridized carbons (Fsp3) is 0.412. The van der Waals surface area contributed by atoms with Gasteiger partial charge in [0.2, 0.25) is 5.91 Å². The van der Waals surface area contributed by atoms with Crippen molar-refractivity contribution in [2.75, 3.05) is 13.2 Å². The van der Waals surface area contributed by atoms with Crippen LogP contribution in [0, 0.1) is 5.92 Å². The highest BCUT2D eigenvalue weighted by molar-refractivity contribution is 5.84. The lowest BCUT2D eigenvalue weighted by molar-refractivity contribution is -0.145. The highest BCUT2D eigenvalue weighted by Gasteiger charge is 2.31. The van der Waals surface area contributed by atoms with Gasteiger partial charge in [-0.05, 0) is 25.0 Å². The first-order chi connectivity index (χ1) is 12.5. The summed E-state index contributed by atoms with van der Waals surface area (Å²) in [5, 5.41) is 12.1. The van der Waals surface area contributed by atoms with Crippen LogP contribution >= 0.6 is 0 Å². The molecule has 9 heteroatoms. The Balaban J connectivity index is 1.81. The summed E-state index contributed by atoms with van der Waals surface area (Å²) in [5.41, 5.74) is -0.953. The minimum absolute atomic E-state index is 0.244. The monoisotopic (exact) mass is 361 g/mol. The lowest BCUT2D eigenvalue weighted by Gasteiger charge is -2.28. The van der Waals surface area contributed by atoms with Crippen LogP contribution in [0.15, 0.2) is 33.9 Å². The van der Waals surface area contributed by atoms with Gasteiger partial charge >= 0.3 is 11.7 Å². The zero-order valence-corrected chi connectivity index (χ0v) is 13.9. The average Bonchev–Trinajstić information content (AvgIpc) is 2.63. The average molecular weight is 361 g/mol. The molecule has 1 aromatic carbocycles. The van der Waals surface area contributed by atoms with E-state index in [2.05, 4.69) is 10.3 Å². The molecule has 2 unspecified atom stereocenters. The molecule has 1 amide bonds. The summed E-state index contributed by atoms with van der Waals surface area (Å²) >= 11 is 0. The van der Waals surface area contributed by atoms with E-state index >= 15 is 0 Å². The Morgan fingerprint density at radius 3 is 2.81 bits per heavy atom. The first-order valence-electron chi connectivity index (χ1n) is 8.29. The number of rotatable bonds is 5. The van der Waals surface area contributed by atoms with Crippen LogP contribution in [-0.4, -0.2) is 45.8 Å². The molecular weight excluding hydrogens is 342 g/mol. The Morgan fingerprint density at radius 1 is 1.35 bits per heavy atom. The van der Waals surface area contributed by atoms with Crippen molar-refractivity contribution in [3.8, 4) is 0 Å². The third kappa shape index (κ3) is 3.67. The number of nitrogens with zero attached hydrogens (tertiary/aromatic N) is 1. The number of carbonyl (C=O) groups excluding carboxylic acids is 1. The summed E-state index contributed by atoms with van der Waals surface area (Å²) in [7, 11) is 0. The molecule has 3 rings (SSSR count). The predicted molar refractivity (Wildman–Crippen MR) is 91.9 cm³/mol. The van der Waals surface area contributed by atoms with Crippen molar-refractivity contribution in [2.45, 2.75) is 25.4 Å². The van der Waals surface area contributed by atoms with Crippen LogP contribution in [0.2, 0.25) is 0 Å². The number of hydrogen-bond donors (Lipinski definition) is 3. The summed E-state index contributed by atoms with van der Waals surface area (Å²) in [6.07, 6.45) is 1.34. The van der Waals surface area contributed by atoms with Gasteiger partial charge < -0.3 is 20.1 Å². The molecule has 0 bridgehead atoms. The number of nitrogens with one attached hydrogen (secondary N) is 2. The third-order valence-electron chi connectivity index (χ3n) is 4.44. The van der Waals surface area contributed by atoms with E-state index in [0.29, 0.717) is 25.0 Å². The van der Waals surface area contributed by atoms with Crippen molar-refractivity contribution in [3.05, 3.63) is 45.1 Å². The van der Waals surface area contributed by atoms with Gasteiger partial charge in [-0.15, -0.1) is 0 Å². The number of carboxylic acids is 1. The van der Waals surface area contributed by atoms with Crippen molar-refractivity contribution in [1.29, 1.82) is 0 Å². The predicted octanol–water partition coefficient (Wildman–Crippen LogP) is -0.314. The van der Waals surface area contributed by atoms with Crippen molar-refractivity contribution in [2.24, 2.45) is 5.92 Å². The zero-order valence-electron chi connectivity index (χ0n) is 13.9. The molecule has 1 aliphatic heterocycles. The van der Waals surface area contributed by atoms with Crippen LogP contribution in [0.3, 0.4) is 0 Å². The number of fused-ring (bicyclic) bond motifs is 1. The molecule has 3 N–H and O–H groups in total. The first kappa shape index (κ1) is 17.9. The van der Waals surface area contributed by atoms with Gasteiger partial charge in [-0.1, -0.05) is 12.1 Å². The van der Waals surface area contributed by atoms with Gasteiger partial charge in [-0.3, -0.25) is 14.2 Å². The van der Waals surface area contributed by atoms with Gasteiger partial charge in [0.05, 0.1) is 17.5 Å². The van der Waals surface area contributed by atoms with Crippen molar-refractivity contribution < 1.29 is 19.4 Å². The Hall–Kier alpha value is -2.94. The van der Waals surface area contributed by atoms with Crippen LogP contribution in [-0.2, 0) is 20.9 Å². The standard InChI is InChI=1S/C17H19N3O6/c21-13(19-14(16(23)24)10-4-3-7-26-9-10)8-20-15(22)11-5-1-2-6-12(11)18-17(20)25/h1-2,5-6,10,14H,3-4,7-9H2,(H,18,25)(H,19,21)(H,23,24). The van der Waals surface area contributed by atoms with Crippen LogP contribution in [0.4, 0.5) is 0 Å². The van der Waals surface area contributed by atoms with Gasteiger partial charge in [-0.25, -0.2) is 9.59 Å². The Bertz CT molecular complexity index is 941. The number of hydrogen-bond acceptors (Lipinski definition) is 5. The molecule has 9 nitrogen and oxygen atoms in total. The van der Waals surface area contributed by atoms with Crippen LogP contribution in [0.5, 0.6) is 0 Å². The molecule has 1 fully saturated rings. The Morgan fingerprint density at radius 2 is 2.12 bits per heavy atom. The maximum Gasteiger partial charge on any atom is 0.329 e. The number of ether oxygens (including phenoxy) is 1. The van der Waals surface area contributed by atoms with Gasteiger partial charge in [-0.2, -0.15) is 0 Å². The molecule has 0 aliphatic carbocycles. The quantitative estimate of drug-likeness (QED) is 0.669. The largest absolute Gasteiger partial charge is 0.480 e. The lowest BCUT2D eigenvalue weighted by atomic mass is 9.93. The SMILES string of the molecule is O=C(Cn1c(=O)[nH]c2ccccc2c1=O)NC(C(=O)O)C1CCCOC1. The molecule has 0 radical (unpaired) electrons. The second kappa shape index (κ2) is 7.52. The fourth-order valence-electron chi connectivity index (χ4n) is 3.11. The number of H-pyrrole nitrogens is 1. The molecule has 26 heavy (non-hydrogen) atoms. The van der Waals surface area contributed by atoms with E-state index in [-0.39, 0.29) is 17.9 Å². The molecule has 1 aliphatic rings. The fourth-order valence-corrected chi connectivity index (χ4v) is 3.11. The van der Waals surface area contributed by atoms with E-state index in [4.69, 9.17) is 4.74 Å². The highest BCUT2D eigenvalue weighted by atomic mass is 16.5. The third-order valence-corrected chi connectivity index (χ3v) is 4.44. The molecule has 2 heterocycles.